The van der Waals surface area contributed by atoms with E-state index in [1.165, 1.54) is 7.05 Å². The second-order valence-electron chi connectivity index (χ2n) is 3.63. The molecule has 92 valence electrons. The van der Waals surface area contributed by atoms with Crippen LogP contribution in [0, 0.1) is 11.3 Å². The highest BCUT2D eigenvalue weighted by Gasteiger charge is 2.25. The Bertz CT molecular complexity index is 537. The average Bonchev–Trinajstić information content (AvgIpc) is 2.27. The summed E-state index contributed by atoms with van der Waals surface area (Å²) in [6.45, 7) is 1.73. The number of nitriles is 1. The zero-order valence-electron chi connectivity index (χ0n) is 9.59. The van der Waals surface area contributed by atoms with E-state index >= 15 is 0 Å². The van der Waals surface area contributed by atoms with Crippen molar-refractivity contribution >= 4 is 21.6 Å². The molecule has 17 heavy (non-hydrogen) atoms. The van der Waals surface area contributed by atoms with Crippen molar-refractivity contribution in [2.45, 2.75) is 13.0 Å². The van der Waals surface area contributed by atoms with Crippen LogP contribution in [0.15, 0.2) is 24.3 Å². The Kier molecular flexibility index (Phi) is 4.52. The minimum Gasteiger partial charge on any atom is -0.211 e. The van der Waals surface area contributed by atoms with Crippen molar-refractivity contribution in [3.63, 3.8) is 0 Å². The summed E-state index contributed by atoms with van der Waals surface area (Å²) >= 11 is 6.00. The summed E-state index contributed by atoms with van der Waals surface area (Å²) < 4.78 is 24.6. The molecule has 6 heteroatoms. The fraction of sp³-hybridized carbons (Fsp3) is 0.364. The van der Waals surface area contributed by atoms with Gasteiger partial charge in [-0.1, -0.05) is 29.8 Å². The van der Waals surface area contributed by atoms with Crippen molar-refractivity contribution in [3.05, 3.63) is 34.9 Å². The first-order chi connectivity index (χ1) is 7.90. The monoisotopic (exact) mass is 272 g/mol. The lowest BCUT2D eigenvalue weighted by Crippen LogP contribution is -2.31. The van der Waals surface area contributed by atoms with Gasteiger partial charge in [0.1, 0.15) is 0 Å². The van der Waals surface area contributed by atoms with Crippen LogP contribution in [0.2, 0.25) is 5.02 Å². The Balaban J connectivity index is 3.04. The largest absolute Gasteiger partial charge is 0.227 e. The summed E-state index contributed by atoms with van der Waals surface area (Å²) in [5.74, 6) is -0.529. The van der Waals surface area contributed by atoms with E-state index in [2.05, 4.69) is 0 Å². The Morgan fingerprint density at radius 1 is 1.47 bits per heavy atom. The van der Waals surface area contributed by atoms with E-state index in [9.17, 15) is 8.42 Å². The van der Waals surface area contributed by atoms with Crippen molar-refractivity contribution in [3.8, 4) is 6.07 Å². The maximum Gasteiger partial charge on any atom is 0.227 e. The third-order valence-corrected chi connectivity index (χ3v) is 4.62. The summed E-state index contributed by atoms with van der Waals surface area (Å²) in [6.07, 6.45) is 0. The van der Waals surface area contributed by atoms with Crippen LogP contribution in [0.1, 0.15) is 18.5 Å². The third kappa shape index (κ3) is 3.19. The van der Waals surface area contributed by atoms with Gasteiger partial charge in [0.15, 0.2) is 5.75 Å². The Labute approximate surface area is 106 Å². The van der Waals surface area contributed by atoms with Crippen molar-refractivity contribution in [1.82, 2.24) is 4.31 Å². The van der Waals surface area contributed by atoms with Gasteiger partial charge < -0.3 is 0 Å². The summed E-state index contributed by atoms with van der Waals surface area (Å²) in [7, 11) is -2.12. The highest BCUT2D eigenvalue weighted by Crippen LogP contribution is 2.27. The SMILES string of the molecule is CC(c1ccccc1Cl)N(C)S(=O)(=O)CC#N. The van der Waals surface area contributed by atoms with Gasteiger partial charge in [0, 0.05) is 18.1 Å². The molecular formula is C11H13ClN2O2S. The van der Waals surface area contributed by atoms with Crippen LogP contribution in [-0.4, -0.2) is 25.5 Å². The van der Waals surface area contributed by atoms with Gasteiger partial charge in [-0.25, -0.2) is 8.42 Å². The van der Waals surface area contributed by atoms with Crippen LogP contribution in [0.25, 0.3) is 0 Å². The minimum absolute atomic E-state index is 0.401. The topological polar surface area (TPSA) is 61.2 Å². The first-order valence-electron chi connectivity index (χ1n) is 4.97. The number of halogens is 1. The molecule has 0 fully saturated rings. The van der Waals surface area contributed by atoms with Crippen LogP contribution in [-0.2, 0) is 10.0 Å². The first kappa shape index (κ1) is 14.0. The fourth-order valence-corrected chi connectivity index (χ4v) is 2.69. The van der Waals surface area contributed by atoms with E-state index in [1.807, 2.05) is 0 Å². The molecule has 1 rings (SSSR count). The summed E-state index contributed by atoms with van der Waals surface area (Å²) in [6, 6.07) is 8.30. The number of benzene rings is 1. The molecule has 4 nitrogen and oxygen atoms in total. The lowest BCUT2D eigenvalue weighted by atomic mass is 10.1. The summed E-state index contributed by atoms with van der Waals surface area (Å²) in [5.41, 5.74) is 0.721. The van der Waals surface area contributed by atoms with Gasteiger partial charge in [0.25, 0.3) is 0 Å². The third-order valence-electron chi connectivity index (χ3n) is 2.59. The molecule has 0 amide bonds. The molecule has 0 aliphatic rings. The van der Waals surface area contributed by atoms with Crippen LogP contribution in [0.3, 0.4) is 0 Å². The Hall–Kier alpha value is -1.09. The van der Waals surface area contributed by atoms with E-state index in [-0.39, 0.29) is 0 Å². The zero-order chi connectivity index (χ0) is 13.1. The zero-order valence-corrected chi connectivity index (χ0v) is 11.2. The first-order valence-corrected chi connectivity index (χ1v) is 6.96. The van der Waals surface area contributed by atoms with Crippen molar-refractivity contribution in [2.24, 2.45) is 0 Å². The molecule has 0 saturated heterocycles. The molecule has 1 aromatic rings. The van der Waals surface area contributed by atoms with E-state index < -0.39 is 21.8 Å². The highest BCUT2D eigenvalue weighted by atomic mass is 35.5. The molecule has 1 aromatic carbocycles. The van der Waals surface area contributed by atoms with Crippen molar-refractivity contribution in [1.29, 1.82) is 5.26 Å². The van der Waals surface area contributed by atoms with Crippen molar-refractivity contribution in [2.75, 3.05) is 12.8 Å². The van der Waals surface area contributed by atoms with Gasteiger partial charge in [0.2, 0.25) is 10.0 Å². The molecule has 0 N–H and O–H groups in total. The van der Waals surface area contributed by atoms with Gasteiger partial charge in [0.05, 0.1) is 6.07 Å². The Morgan fingerprint density at radius 2 is 2.06 bits per heavy atom. The fourth-order valence-electron chi connectivity index (χ4n) is 1.43. The van der Waals surface area contributed by atoms with E-state index in [0.29, 0.717) is 5.02 Å². The van der Waals surface area contributed by atoms with Gasteiger partial charge in [-0.15, -0.1) is 0 Å². The molecule has 0 aliphatic carbocycles. The van der Waals surface area contributed by atoms with Crippen molar-refractivity contribution < 1.29 is 8.42 Å². The highest BCUT2D eigenvalue weighted by molar-refractivity contribution is 7.89. The predicted octanol–water partition coefficient (Wildman–Crippen LogP) is 2.19. The van der Waals surface area contributed by atoms with Crippen LogP contribution in [0.5, 0.6) is 0 Å². The summed E-state index contributed by atoms with van der Waals surface area (Å²) in [5, 5.41) is 8.99. The molecule has 1 unspecified atom stereocenters. The second-order valence-corrected chi connectivity index (χ2v) is 6.06. The van der Waals surface area contributed by atoms with Gasteiger partial charge in [-0.3, -0.25) is 0 Å². The van der Waals surface area contributed by atoms with E-state index in [1.54, 1.807) is 37.3 Å². The lowest BCUT2D eigenvalue weighted by molar-refractivity contribution is 0.400. The smallest absolute Gasteiger partial charge is 0.211 e. The molecule has 0 radical (unpaired) electrons. The molecular weight excluding hydrogens is 260 g/mol. The van der Waals surface area contributed by atoms with Crippen LogP contribution < -0.4 is 0 Å². The average molecular weight is 273 g/mol. The molecule has 0 heterocycles. The standard InChI is InChI=1S/C11H13ClN2O2S/c1-9(10-5-3-4-6-11(10)12)14(2)17(15,16)8-7-13/h3-6,9H,8H2,1-2H3. The van der Waals surface area contributed by atoms with Gasteiger partial charge in [-0.2, -0.15) is 9.57 Å². The second kappa shape index (κ2) is 5.50. The predicted molar refractivity (Wildman–Crippen MR) is 67.0 cm³/mol. The molecule has 0 spiro atoms. The number of sulfonamides is 1. The van der Waals surface area contributed by atoms with E-state index in [0.717, 1.165) is 9.87 Å². The minimum atomic E-state index is -3.56. The molecule has 1 atom stereocenters. The quantitative estimate of drug-likeness (QED) is 0.844. The molecule has 0 bridgehead atoms. The number of rotatable bonds is 4. The molecule has 0 saturated carbocycles. The van der Waals surface area contributed by atoms with Crippen LogP contribution in [0.4, 0.5) is 0 Å². The van der Waals surface area contributed by atoms with E-state index in [4.69, 9.17) is 16.9 Å². The number of hydrogen-bond donors (Lipinski definition) is 0. The van der Waals surface area contributed by atoms with Gasteiger partial charge in [-0.05, 0) is 18.6 Å². The summed E-state index contributed by atoms with van der Waals surface area (Å²) in [4.78, 5) is 0. The maximum atomic E-state index is 11.7. The maximum absolute atomic E-state index is 11.7. The van der Waals surface area contributed by atoms with Crippen LogP contribution >= 0.6 is 11.6 Å². The number of nitrogens with zero attached hydrogens (tertiary/aromatic N) is 2. The normalized spacial score (nSPS) is 13.4. The lowest BCUT2D eigenvalue weighted by Gasteiger charge is -2.24. The number of hydrogen-bond acceptors (Lipinski definition) is 3. The molecule has 0 aliphatic heterocycles. The Morgan fingerprint density at radius 3 is 2.59 bits per heavy atom. The molecule has 0 aromatic heterocycles. The van der Waals surface area contributed by atoms with Gasteiger partial charge >= 0.3 is 0 Å².